The van der Waals surface area contributed by atoms with Gasteiger partial charge in [0.1, 0.15) is 11.6 Å². The molecule has 33 heavy (non-hydrogen) atoms. The van der Waals surface area contributed by atoms with Gasteiger partial charge in [-0.25, -0.2) is 13.4 Å². The molecule has 0 radical (unpaired) electrons. The van der Waals surface area contributed by atoms with Gasteiger partial charge in [0.25, 0.3) is 5.56 Å². The van der Waals surface area contributed by atoms with Crippen molar-refractivity contribution >= 4 is 32.5 Å². The van der Waals surface area contributed by atoms with Gasteiger partial charge in [0.15, 0.2) is 0 Å². The van der Waals surface area contributed by atoms with E-state index in [1.165, 1.54) is 28.1 Å². The van der Waals surface area contributed by atoms with Gasteiger partial charge in [-0.3, -0.25) is 9.36 Å². The number of fused-ring (bicyclic) bond motifs is 1. The molecule has 9 heteroatoms. The Labute approximate surface area is 196 Å². The Morgan fingerprint density at radius 3 is 2.33 bits per heavy atom. The molecule has 0 spiro atoms. The fourth-order valence-corrected chi connectivity index (χ4v) is 5.08. The van der Waals surface area contributed by atoms with Crippen LogP contribution in [0.1, 0.15) is 18.8 Å². The van der Waals surface area contributed by atoms with Gasteiger partial charge >= 0.3 is 0 Å². The molecule has 3 aromatic carbocycles. The molecule has 4 aromatic rings. The van der Waals surface area contributed by atoms with Crippen LogP contribution in [0.5, 0.6) is 5.75 Å². The van der Waals surface area contributed by atoms with E-state index >= 15 is 0 Å². The number of benzene rings is 3. The van der Waals surface area contributed by atoms with Gasteiger partial charge in [-0.1, -0.05) is 29.8 Å². The molecule has 0 fully saturated rings. The van der Waals surface area contributed by atoms with Gasteiger partial charge in [-0.2, -0.15) is 4.31 Å². The van der Waals surface area contributed by atoms with Crippen LogP contribution in [0, 0.1) is 0 Å². The first-order valence-corrected chi connectivity index (χ1v) is 12.0. The second-order valence-electron chi connectivity index (χ2n) is 7.48. The molecule has 0 N–H and O–H groups in total. The van der Waals surface area contributed by atoms with E-state index in [4.69, 9.17) is 16.3 Å². The van der Waals surface area contributed by atoms with Crippen LogP contribution in [0.25, 0.3) is 16.6 Å². The lowest BCUT2D eigenvalue weighted by molar-refractivity contribution is 0.379. The minimum absolute atomic E-state index is 0.154. The van der Waals surface area contributed by atoms with Crippen LogP contribution in [0.2, 0.25) is 5.02 Å². The Balaban J connectivity index is 1.93. The van der Waals surface area contributed by atoms with Gasteiger partial charge in [0, 0.05) is 12.1 Å². The van der Waals surface area contributed by atoms with Crippen molar-refractivity contribution in [2.75, 3.05) is 14.2 Å². The van der Waals surface area contributed by atoms with Crippen molar-refractivity contribution < 1.29 is 13.2 Å². The number of sulfonamides is 1. The molecule has 4 rings (SSSR count). The van der Waals surface area contributed by atoms with Crippen LogP contribution >= 0.6 is 11.6 Å². The van der Waals surface area contributed by atoms with E-state index < -0.39 is 16.1 Å². The molecule has 1 aromatic heterocycles. The zero-order valence-electron chi connectivity index (χ0n) is 18.3. The Morgan fingerprint density at radius 1 is 1.03 bits per heavy atom. The molecular weight excluding hydrogens is 462 g/mol. The zero-order chi connectivity index (χ0) is 23.8. The SMILES string of the molecule is COc1ccc(-n2c(C(C)N(C)S(=O)(=O)c3ccccc3)nc3cc(Cl)ccc3c2=O)cc1. The fraction of sp³-hybridized carbons (Fsp3) is 0.167. The summed E-state index contributed by atoms with van der Waals surface area (Å²) in [6, 6.07) is 19.1. The average molecular weight is 484 g/mol. The van der Waals surface area contributed by atoms with Crippen molar-refractivity contribution in [3.63, 3.8) is 0 Å². The summed E-state index contributed by atoms with van der Waals surface area (Å²) >= 11 is 6.14. The van der Waals surface area contributed by atoms with E-state index in [2.05, 4.69) is 4.98 Å². The smallest absolute Gasteiger partial charge is 0.266 e. The number of aromatic nitrogens is 2. The molecule has 170 valence electrons. The number of hydrogen-bond acceptors (Lipinski definition) is 5. The topological polar surface area (TPSA) is 81.5 Å². The van der Waals surface area contributed by atoms with Gasteiger partial charge < -0.3 is 4.74 Å². The van der Waals surface area contributed by atoms with Gasteiger partial charge in [-0.15, -0.1) is 0 Å². The maximum absolute atomic E-state index is 13.5. The Hall–Kier alpha value is -3.20. The third kappa shape index (κ3) is 4.25. The summed E-state index contributed by atoms with van der Waals surface area (Å²) in [5, 5.41) is 0.806. The fourth-order valence-electron chi connectivity index (χ4n) is 3.57. The molecule has 0 bridgehead atoms. The van der Waals surface area contributed by atoms with E-state index in [0.717, 1.165) is 0 Å². The molecule has 1 unspecified atom stereocenters. The maximum Gasteiger partial charge on any atom is 0.266 e. The number of ether oxygens (including phenoxy) is 1. The maximum atomic E-state index is 13.5. The molecule has 0 aliphatic rings. The van der Waals surface area contributed by atoms with Crippen molar-refractivity contribution in [2.24, 2.45) is 0 Å². The minimum Gasteiger partial charge on any atom is -0.497 e. The summed E-state index contributed by atoms with van der Waals surface area (Å²) in [5.41, 5.74) is 0.608. The van der Waals surface area contributed by atoms with Crippen LogP contribution in [-0.2, 0) is 10.0 Å². The highest BCUT2D eigenvalue weighted by atomic mass is 35.5. The van der Waals surface area contributed by atoms with Crippen LogP contribution in [0.4, 0.5) is 0 Å². The molecule has 7 nitrogen and oxygen atoms in total. The number of halogens is 1. The zero-order valence-corrected chi connectivity index (χ0v) is 19.8. The van der Waals surface area contributed by atoms with Crippen molar-refractivity contribution in [1.82, 2.24) is 13.9 Å². The number of nitrogens with zero attached hydrogens (tertiary/aromatic N) is 3. The second kappa shape index (κ2) is 8.97. The van der Waals surface area contributed by atoms with Crippen LogP contribution in [0.3, 0.4) is 0 Å². The van der Waals surface area contributed by atoms with Gasteiger partial charge in [0.2, 0.25) is 10.0 Å². The highest BCUT2D eigenvalue weighted by molar-refractivity contribution is 7.89. The molecule has 1 heterocycles. The van der Waals surface area contributed by atoms with Crippen molar-refractivity contribution in [3.8, 4) is 11.4 Å². The van der Waals surface area contributed by atoms with Gasteiger partial charge in [0.05, 0.1) is 34.6 Å². The molecule has 0 aliphatic heterocycles. The average Bonchev–Trinajstić information content (AvgIpc) is 2.83. The first kappa shape index (κ1) is 23.0. The van der Waals surface area contributed by atoms with E-state index in [9.17, 15) is 13.2 Å². The molecule has 0 aliphatic carbocycles. The summed E-state index contributed by atoms with van der Waals surface area (Å²) in [5.74, 6) is 0.896. The van der Waals surface area contributed by atoms with E-state index in [-0.39, 0.29) is 16.3 Å². The number of methoxy groups -OCH3 is 1. The molecule has 0 saturated carbocycles. The third-order valence-electron chi connectivity index (χ3n) is 5.53. The monoisotopic (exact) mass is 483 g/mol. The lowest BCUT2D eigenvalue weighted by Crippen LogP contribution is -2.34. The Bertz CT molecular complexity index is 1470. The first-order valence-electron chi connectivity index (χ1n) is 10.1. The van der Waals surface area contributed by atoms with Crippen molar-refractivity contribution in [3.05, 3.63) is 94.0 Å². The third-order valence-corrected chi connectivity index (χ3v) is 7.70. The van der Waals surface area contributed by atoms with Crippen LogP contribution < -0.4 is 10.3 Å². The van der Waals surface area contributed by atoms with Crippen molar-refractivity contribution in [1.29, 1.82) is 0 Å². The molecule has 1 atom stereocenters. The molecule has 0 amide bonds. The summed E-state index contributed by atoms with van der Waals surface area (Å²) in [4.78, 5) is 18.4. The lowest BCUT2D eigenvalue weighted by atomic mass is 10.2. The van der Waals surface area contributed by atoms with Crippen LogP contribution in [-0.4, -0.2) is 36.4 Å². The molecular formula is C24H22ClN3O4S. The van der Waals surface area contributed by atoms with E-state index in [1.807, 2.05) is 0 Å². The van der Waals surface area contributed by atoms with Gasteiger partial charge in [-0.05, 0) is 61.5 Å². The number of rotatable bonds is 6. The van der Waals surface area contributed by atoms with Crippen molar-refractivity contribution in [2.45, 2.75) is 17.9 Å². The quantitative estimate of drug-likeness (QED) is 0.405. The van der Waals surface area contributed by atoms with E-state index in [1.54, 1.807) is 74.7 Å². The summed E-state index contributed by atoms with van der Waals surface area (Å²) in [6.45, 7) is 1.69. The Morgan fingerprint density at radius 2 is 1.70 bits per heavy atom. The lowest BCUT2D eigenvalue weighted by Gasteiger charge is -2.26. The molecule has 0 saturated heterocycles. The summed E-state index contributed by atoms with van der Waals surface area (Å²) < 4.78 is 34.4. The normalized spacial score (nSPS) is 12.8. The highest BCUT2D eigenvalue weighted by Crippen LogP contribution is 2.28. The largest absolute Gasteiger partial charge is 0.497 e. The first-order chi connectivity index (χ1) is 15.7. The standard InChI is InChI=1S/C24H22ClN3O4S/c1-16(27(2)33(30,31)20-7-5-4-6-8-20)23-26-22-15-17(25)9-14-21(22)24(29)28(23)18-10-12-19(32-3)13-11-18/h4-16H,1-3H3. The summed E-state index contributed by atoms with van der Waals surface area (Å²) in [7, 11) is -0.812. The predicted octanol–water partition coefficient (Wildman–Crippen LogP) is 4.43. The Kier molecular flexibility index (Phi) is 6.25. The highest BCUT2D eigenvalue weighted by Gasteiger charge is 2.30. The minimum atomic E-state index is -3.84. The summed E-state index contributed by atoms with van der Waals surface area (Å²) in [6.07, 6.45) is 0. The number of hydrogen-bond donors (Lipinski definition) is 0. The van der Waals surface area contributed by atoms with E-state index in [0.29, 0.717) is 27.4 Å². The second-order valence-corrected chi connectivity index (χ2v) is 9.91. The predicted molar refractivity (Wildman–Crippen MR) is 129 cm³/mol. The van der Waals surface area contributed by atoms with Crippen LogP contribution in [0.15, 0.2) is 82.5 Å².